The molecule has 0 radical (unpaired) electrons. The molecule has 1 aromatic heterocycles. The third-order valence-corrected chi connectivity index (χ3v) is 9.78. The third-order valence-electron chi connectivity index (χ3n) is 8.65. The Bertz CT molecular complexity index is 1870. The summed E-state index contributed by atoms with van der Waals surface area (Å²) < 4.78 is 56.9. The number of hydrogen-bond donors (Lipinski definition) is 1. The van der Waals surface area contributed by atoms with Gasteiger partial charge in [-0.3, -0.25) is 14.3 Å². The van der Waals surface area contributed by atoms with Crippen molar-refractivity contribution in [3.8, 4) is 5.75 Å². The average Bonchev–Trinajstić information content (AvgIpc) is 3.19. The molecule has 7 rings (SSSR count). The molecule has 3 aromatic rings. The van der Waals surface area contributed by atoms with Crippen LogP contribution in [0.4, 0.5) is 13.6 Å². The number of pyridine rings is 1. The Hall–Kier alpha value is -4.63. The first kappa shape index (κ1) is 31.0. The lowest BCUT2D eigenvalue weighted by atomic mass is 9.90. The number of aromatic nitrogens is 1. The summed E-state index contributed by atoms with van der Waals surface area (Å²) in [5, 5.41) is 0. The van der Waals surface area contributed by atoms with Crippen LogP contribution in [-0.2, 0) is 35.9 Å². The van der Waals surface area contributed by atoms with Gasteiger partial charge in [-0.1, -0.05) is 32.0 Å². The molecule has 12 nitrogen and oxygen atoms in total. The molecule has 3 atom stereocenters. The molecule has 15 heteroatoms. The smallest absolute Gasteiger partial charge is 0.462 e. The van der Waals surface area contributed by atoms with Crippen LogP contribution in [0.25, 0.3) is 0 Å². The van der Waals surface area contributed by atoms with E-state index in [9.17, 15) is 28.0 Å². The second-order valence-electron chi connectivity index (χ2n) is 12.1. The second kappa shape index (κ2) is 11.9. The largest absolute Gasteiger partial charge is 0.512 e. The second-order valence-corrected chi connectivity index (χ2v) is 13.1. The van der Waals surface area contributed by atoms with Crippen LogP contribution in [0, 0.1) is 17.0 Å². The van der Waals surface area contributed by atoms with Gasteiger partial charge >= 0.3 is 12.1 Å². The molecule has 0 unspecified atom stereocenters. The van der Waals surface area contributed by atoms with Gasteiger partial charge in [-0.2, -0.15) is 0 Å². The molecule has 2 fully saturated rings. The van der Waals surface area contributed by atoms with Crippen molar-refractivity contribution in [3.05, 3.63) is 92.4 Å². The Morgan fingerprint density at radius 2 is 1.96 bits per heavy atom. The molecule has 2 saturated heterocycles. The van der Waals surface area contributed by atoms with Crippen molar-refractivity contribution in [1.29, 1.82) is 0 Å². The molecule has 0 saturated carbocycles. The van der Waals surface area contributed by atoms with Gasteiger partial charge in [-0.05, 0) is 35.2 Å². The molecule has 0 spiro atoms. The van der Waals surface area contributed by atoms with Gasteiger partial charge in [0.15, 0.2) is 17.3 Å². The standard InChI is InChI=1S/C32H29F2N3O9S/c1-32(2)14-43-30(40)27(32)46-31(41)45-15-44-26-21(38)8-9-37-24(26)29(39)36-10-11-42-25(28(36)35-37)17-4-3-5-22-18(17)12-16-6-7-20(33)23(34)19(16)13-47-22/h3-9,25,27-28,35H,10-15H2,1-2H3/t25-,27-,28-/m0/s1. The number of carbonyl (C=O) groups is 3. The number of benzene rings is 2. The summed E-state index contributed by atoms with van der Waals surface area (Å²) in [6, 6.07) is 9.59. The number of ether oxygens (including phenoxy) is 5. The molecule has 1 N–H and O–H groups in total. The van der Waals surface area contributed by atoms with Crippen molar-refractivity contribution in [2.75, 3.05) is 32.0 Å². The van der Waals surface area contributed by atoms with E-state index in [-0.39, 0.29) is 37.0 Å². The number of halogens is 2. The fourth-order valence-corrected chi connectivity index (χ4v) is 7.36. The van der Waals surface area contributed by atoms with E-state index >= 15 is 0 Å². The van der Waals surface area contributed by atoms with Crippen molar-refractivity contribution in [1.82, 2.24) is 9.58 Å². The van der Waals surface area contributed by atoms with E-state index in [1.54, 1.807) is 19.9 Å². The summed E-state index contributed by atoms with van der Waals surface area (Å²) >= 11 is 1.41. The number of fused-ring (bicyclic) bond motifs is 4. The van der Waals surface area contributed by atoms with Crippen LogP contribution in [0.5, 0.6) is 5.75 Å². The zero-order valence-electron chi connectivity index (χ0n) is 25.2. The van der Waals surface area contributed by atoms with E-state index in [2.05, 4.69) is 5.43 Å². The fraction of sp³-hybridized carbons (Fsp3) is 0.375. The van der Waals surface area contributed by atoms with Gasteiger partial charge in [0, 0.05) is 40.4 Å². The van der Waals surface area contributed by atoms with E-state index in [4.69, 9.17) is 23.7 Å². The number of carbonyl (C=O) groups excluding carboxylic acids is 3. The van der Waals surface area contributed by atoms with E-state index in [1.807, 2.05) is 18.2 Å². The molecule has 0 aliphatic carbocycles. The van der Waals surface area contributed by atoms with Gasteiger partial charge in [-0.15, -0.1) is 11.8 Å². The molecule has 4 aliphatic heterocycles. The maximum atomic E-state index is 14.7. The predicted molar refractivity (Wildman–Crippen MR) is 160 cm³/mol. The lowest BCUT2D eigenvalue weighted by Gasteiger charge is -2.46. The topological polar surface area (TPSA) is 135 Å². The van der Waals surface area contributed by atoms with Crippen LogP contribution in [0.3, 0.4) is 0 Å². The molecular formula is C32H29F2N3O9S. The molecule has 246 valence electrons. The summed E-state index contributed by atoms with van der Waals surface area (Å²) in [7, 11) is 0. The third kappa shape index (κ3) is 5.46. The highest BCUT2D eigenvalue weighted by molar-refractivity contribution is 7.98. The van der Waals surface area contributed by atoms with Crippen molar-refractivity contribution in [3.63, 3.8) is 0 Å². The number of rotatable bonds is 5. The number of cyclic esters (lactones) is 1. The highest BCUT2D eigenvalue weighted by Crippen LogP contribution is 2.42. The van der Waals surface area contributed by atoms with Crippen LogP contribution >= 0.6 is 11.8 Å². The van der Waals surface area contributed by atoms with Crippen molar-refractivity contribution in [2.45, 2.75) is 49.3 Å². The fourth-order valence-electron chi connectivity index (χ4n) is 6.21. The summed E-state index contributed by atoms with van der Waals surface area (Å²) in [6.45, 7) is 3.08. The molecule has 1 amide bonds. The van der Waals surface area contributed by atoms with Gasteiger partial charge in [0.05, 0.1) is 6.61 Å². The molecular weight excluding hydrogens is 640 g/mol. The van der Waals surface area contributed by atoms with Crippen LogP contribution < -0.4 is 15.6 Å². The number of nitrogens with one attached hydrogen (secondary N) is 1. The predicted octanol–water partition coefficient (Wildman–Crippen LogP) is 3.86. The molecule has 4 aliphatic rings. The Kier molecular flexibility index (Phi) is 7.83. The number of amides is 1. The highest BCUT2D eigenvalue weighted by atomic mass is 32.2. The molecule has 5 heterocycles. The lowest BCUT2D eigenvalue weighted by molar-refractivity contribution is -0.147. The Morgan fingerprint density at radius 3 is 2.74 bits per heavy atom. The van der Waals surface area contributed by atoms with Crippen LogP contribution in [0.1, 0.15) is 52.7 Å². The maximum absolute atomic E-state index is 14.7. The Balaban J connectivity index is 1.12. The van der Waals surface area contributed by atoms with Crippen LogP contribution in [0.15, 0.2) is 52.3 Å². The maximum Gasteiger partial charge on any atom is 0.512 e. The first-order chi connectivity index (χ1) is 22.5. The van der Waals surface area contributed by atoms with Crippen molar-refractivity contribution < 1.29 is 46.8 Å². The van der Waals surface area contributed by atoms with Gasteiger partial charge in [0.25, 0.3) is 5.91 Å². The number of hydrogen-bond acceptors (Lipinski definition) is 11. The quantitative estimate of drug-likeness (QED) is 0.314. The van der Waals surface area contributed by atoms with E-state index < -0.39 is 65.7 Å². The molecule has 47 heavy (non-hydrogen) atoms. The number of nitrogens with zero attached hydrogens (tertiary/aromatic N) is 2. The molecule has 0 bridgehead atoms. The first-order valence-corrected chi connectivity index (χ1v) is 15.8. The highest BCUT2D eigenvalue weighted by Gasteiger charge is 2.47. The Labute approximate surface area is 270 Å². The normalized spacial score (nSPS) is 22.5. The zero-order valence-corrected chi connectivity index (χ0v) is 26.1. The van der Waals surface area contributed by atoms with Gasteiger partial charge in [0.1, 0.15) is 18.9 Å². The summed E-state index contributed by atoms with van der Waals surface area (Å²) in [5.41, 5.74) is 4.42. The summed E-state index contributed by atoms with van der Waals surface area (Å²) in [4.78, 5) is 53.4. The minimum absolute atomic E-state index is 0.0760. The molecule has 2 aromatic carbocycles. The van der Waals surface area contributed by atoms with E-state index in [0.29, 0.717) is 17.5 Å². The van der Waals surface area contributed by atoms with E-state index in [0.717, 1.165) is 22.1 Å². The zero-order chi connectivity index (χ0) is 33.0. The number of thioether (sulfide) groups is 1. The SMILES string of the molecule is CC1(C)COC(=O)[C@@H]1OC(=O)OCOc1c2n(ccc1=O)N[C@@H]1[C@H](c3cccc4c3Cc3ccc(F)c(F)c3CS4)OCCN1C2=O. The van der Waals surface area contributed by atoms with Gasteiger partial charge < -0.3 is 34.0 Å². The van der Waals surface area contributed by atoms with Crippen molar-refractivity contribution in [2.24, 2.45) is 5.41 Å². The first-order valence-electron chi connectivity index (χ1n) is 14.8. The monoisotopic (exact) mass is 669 g/mol. The summed E-state index contributed by atoms with van der Waals surface area (Å²) in [6.07, 6.45) is -2.00. The lowest BCUT2D eigenvalue weighted by Crippen LogP contribution is -2.60. The average molecular weight is 670 g/mol. The number of morpholine rings is 1. The minimum atomic E-state index is -1.21. The van der Waals surface area contributed by atoms with E-state index in [1.165, 1.54) is 33.6 Å². The van der Waals surface area contributed by atoms with Crippen molar-refractivity contribution >= 4 is 29.8 Å². The van der Waals surface area contributed by atoms with Crippen LogP contribution in [0.2, 0.25) is 0 Å². The number of esters is 1. The van der Waals surface area contributed by atoms with Crippen LogP contribution in [-0.4, -0.2) is 66.4 Å². The minimum Gasteiger partial charge on any atom is -0.462 e. The Morgan fingerprint density at radius 1 is 1.13 bits per heavy atom. The summed E-state index contributed by atoms with van der Waals surface area (Å²) in [5.74, 6) is -3.04. The van der Waals surface area contributed by atoms with Gasteiger partial charge in [0.2, 0.25) is 24.1 Å². The van der Waals surface area contributed by atoms with Gasteiger partial charge in [-0.25, -0.2) is 18.4 Å².